The zero-order chi connectivity index (χ0) is 22.9. The monoisotopic (exact) mass is 442 g/mol. The number of carboxylic acids is 1. The maximum atomic E-state index is 12.2. The van der Waals surface area contributed by atoms with Gasteiger partial charge in [0.2, 0.25) is 5.75 Å². The number of carbonyl (C=O) groups excluding carboxylic acids is 1. The van der Waals surface area contributed by atoms with Gasteiger partial charge >= 0.3 is 11.9 Å². The predicted molar refractivity (Wildman–Crippen MR) is 119 cm³/mol. The summed E-state index contributed by atoms with van der Waals surface area (Å²) >= 11 is 0. The highest BCUT2D eigenvalue weighted by Gasteiger charge is 2.23. The summed E-state index contributed by atoms with van der Waals surface area (Å²) in [7, 11) is 3.00. The normalized spacial score (nSPS) is 14.7. The molecule has 0 amide bonds. The molecular weight excluding hydrogens is 412 g/mol. The maximum Gasteiger partial charge on any atom is 0.311 e. The fourth-order valence-electron chi connectivity index (χ4n) is 3.74. The Balaban J connectivity index is 1.67. The Bertz CT molecular complexity index is 910. The van der Waals surface area contributed by atoms with Crippen molar-refractivity contribution in [2.75, 3.05) is 40.4 Å². The van der Waals surface area contributed by atoms with Gasteiger partial charge in [0, 0.05) is 44.8 Å². The molecule has 8 heteroatoms. The van der Waals surface area contributed by atoms with Crippen LogP contribution >= 0.6 is 0 Å². The summed E-state index contributed by atoms with van der Waals surface area (Å²) in [5, 5.41) is 8.83. The van der Waals surface area contributed by atoms with Gasteiger partial charge in [-0.15, -0.1) is 0 Å². The van der Waals surface area contributed by atoms with Gasteiger partial charge in [-0.25, -0.2) is 0 Å². The molecule has 0 unspecified atom stereocenters. The van der Waals surface area contributed by atoms with E-state index in [2.05, 4.69) is 34.1 Å². The molecule has 0 saturated carbocycles. The summed E-state index contributed by atoms with van der Waals surface area (Å²) in [6.07, 6.45) is -0.503. The van der Waals surface area contributed by atoms with Gasteiger partial charge in [-0.2, -0.15) is 0 Å². The van der Waals surface area contributed by atoms with Crippen molar-refractivity contribution in [2.45, 2.75) is 25.9 Å². The first-order chi connectivity index (χ1) is 15.5. The van der Waals surface area contributed by atoms with E-state index in [-0.39, 0.29) is 18.6 Å². The highest BCUT2D eigenvalue weighted by molar-refractivity contribution is 5.79. The molecule has 0 aromatic heterocycles. The average molecular weight is 443 g/mol. The van der Waals surface area contributed by atoms with E-state index in [1.807, 2.05) is 12.1 Å². The first kappa shape index (κ1) is 23.6. The fraction of sp³-hybridized carbons (Fsp3) is 0.417. The number of esters is 1. The van der Waals surface area contributed by atoms with Crippen molar-refractivity contribution in [3.63, 3.8) is 0 Å². The number of benzene rings is 2. The van der Waals surface area contributed by atoms with Gasteiger partial charge in [0.1, 0.15) is 0 Å². The summed E-state index contributed by atoms with van der Waals surface area (Å²) in [6.45, 7) is 5.16. The molecule has 2 aromatic rings. The van der Waals surface area contributed by atoms with Crippen LogP contribution in [0.3, 0.4) is 0 Å². The van der Waals surface area contributed by atoms with Crippen molar-refractivity contribution in [3.05, 3.63) is 53.6 Å². The third-order valence-corrected chi connectivity index (χ3v) is 5.45. The minimum atomic E-state index is -1.05. The molecule has 1 N–H and O–H groups in total. The molecule has 32 heavy (non-hydrogen) atoms. The zero-order valence-corrected chi connectivity index (χ0v) is 18.6. The Morgan fingerprint density at radius 2 is 1.50 bits per heavy atom. The Labute approximate surface area is 188 Å². The number of piperazine rings is 1. The van der Waals surface area contributed by atoms with E-state index in [4.69, 9.17) is 19.3 Å². The van der Waals surface area contributed by atoms with E-state index in [0.717, 1.165) is 38.3 Å². The van der Waals surface area contributed by atoms with Crippen molar-refractivity contribution < 1.29 is 28.9 Å². The number of carboxylic acid groups (broad SMARTS) is 1. The average Bonchev–Trinajstić information content (AvgIpc) is 2.80. The third-order valence-electron chi connectivity index (χ3n) is 5.45. The van der Waals surface area contributed by atoms with Crippen LogP contribution in [0.25, 0.3) is 0 Å². The first-order valence-electron chi connectivity index (χ1n) is 10.6. The second kappa shape index (κ2) is 11.5. The molecule has 1 aliphatic heterocycles. The number of methoxy groups -OCH3 is 2. The number of hydrogen-bond donors (Lipinski definition) is 1. The molecule has 172 valence electrons. The fourth-order valence-corrected chi connectivity index (χ4v) is 3.74. The molecule has 0 aliphatic carbocycles. The van der Waals surface area contributed by atoms with Gasteiger partial charge in [-0.3, -0.25) is 19.4 Å². The molecule has 2 aromatic carbocycles. The van der Waals surface area contributed by atoms with E-state index >= 15 is 0 Å². The van der Waals surface area contributed by atoms with Crippen LogP contribution in [0.15, 0.2) is 42.5 Å². The molecule has 8 nitrogen and oxygen atoms in total. The summed E-state index contributed by atoms with van der Waals surface area (Å²) in [5.41, 5.74) is 2.10. The summed E-state index contributed by atoms with van der Waals surface area (Å²) in [4.78, 5) is 27.8. The first-order valence-corrected chi connectivity index (χ1v) is 10.6. The minimum absolute atomic E-state index is 0.215. The summed E-state index contributed by atoms with van der Waals surface area (Å²) in [6, 6.07) is 14.1. The maximum absolute atomic E-state index is 12.2. The molecule has 0 radical (unpaired) electrons. The molecule has 1 saturated heterocycles. The van der Waals surface area contributed by atoms with Crippen LogP contribution in [-0.2, 0) is 22.7 Å². The van der Waals surface area contributed by atoms with E-state index < -0.39 is 11.9 Å². The van der Waals surface area contributed by atoms with Gasteiger partial charge in [0.05, 0.1) is 27.1 Å². The largest absolute Gasteiger partial charge is 0.493 e. The molecule has 0 bridgehead atoms. The smallest absolute Gasteiger partial charge is 0.311 e. The molecular formula is C24H30N2O6. The molecule has 1 heterocycles. The number of nitrogens with zero attached hydrogens (tertiary/aromatic N) is 2. The van der Waals surface area contributed by atoms with Gasteiger partial charge in [-0.1, -0.05) is 36.4 Å². The van der Waals surface area contributed by atoms with Gasteiger partial charge < -0.3 is 19.3 Å². The molecule has 3 rings (SSSR count). The van der Waals surface area contributed by atoms with Crippen LogP contribution in [0, 0.1) is 0 Å². The van der Waals surface area contributed by atoms with Crippen molar-refractivity contribution in [1.29, 1.82) is 0 Å². The SMILES string of the molecule is COc1ccc(CN2CCN(Cc3ccccc3)CC2)c(OC(=O)CCC(=O)O)c1OC. The lowest BCUT2D eigenvalue weighted by molar-refractivity contribution is -0.142. The number of ether oxygens (including phenoxy) is 3. The lowest BCUT2D eigenvalue weighted by Gasteiger charge is -2.35. The highest BCUT2D eigenvalue weighted by Crippen LogP contribution is 2.40. The van der Waals surface area contributed by atoms with Crippen molar-refractivity contribution in [1.82, 2.24) is 9.80 Å². The molecule has 1 aliphatic rings. The minimum Gasteiger partial charge on any atom is -0.493 e. The van der Waals surface area contributed by atoms with E-state index in [1.54, 1.807) is 6.07 Å². The second-order valence-electron chi connectivity index (χ2n) is 7.70. The standard InChI is InChI=1S/C24H30N2O6/c1-30-20-9-8-19(23(24(20)31-2)32-22(29)11-10-21(27)28)17-26-14-12-25(13-15-26)16-18-6-4-3-5-7-18/h3-9H,10-17H2,1-2H3,(H,27,28). The highest BCUT2D eigenvalue weighted by atomic mass is 16.6. The van der Waals surface area contributed by atoms with Crippen LogP contribution in [0.4, 0.5) is 0 Å². The molecule has 0 spiro atoms. The molecule has 1 fully saturated rings. The predicted octanol–water partition coefficient (Wildman–Crippen LogP) is 2.79. The number of rotatable bonds is 10. The van der Waals surface area contributed by atoms with Crippen LogP contribution in [0.5, 0.6) is 17.2 Å². The lowest BCUT2D eigenvalue weighted by atomic mass is 10.1. The van der Waals surface area contributed by atoms with Crippen LogP contribution in [-0.4, -0.2) is 67.2 Å². The van der Waals surface area contributed by atoms with E-state index in [1.165, 1.54) is 19.8 Å². The third kappa shape index (κ3) is 6.45. The topological polar surface area (TPSA) is 88.5 Å². The van der Waals surface area contributed by atoms with Crippen LogP contribution in [0.2, 0.25) is 0 Å². The van der Waals surface area contributed by atoms with Crippen molar-refractivity contribution >= 4 is 11.9 Å². The Kier molecular flexibility index (Phi) is 8.47. The quantitative estimate of drug-likeness (QED) is 0.444. The Hall–Kier alpha value is -3.10. The van der Waals surface area contributed by atoms with Gasteiger partial charge in [0.15, 0.2) is 11.5 Å². The molecule has 0 atom stereocenters. The lowest BCUT2D eigenvalue weighted by Crippen LogP contribution is -2.45. The van der Waals surface area contributed by atoms with Gasteiger partial charge in [0.25, 0.3) is 0 Å². The zero-order valence-electron chi connectivity index (χ0n) is 18.6. The summed E-state index contributed by atoms with van der Waals surface area (Å²) in [5.74, 6) is -0.601. The van der Waals surface area contributed by atoms with E-state index in [9.17, 15) is 9.59 Å². The summed E-state index contributed by atoms with van der Waals surface area (Å²) < 4.78 is 16.4. The van der Waals surface area contributed by atoms with Crippen LogP contribution < -0.4 is 14.2 Å². The van der Waals surface area contributed by atoms with E-state index in [0.29, 0.717) is 18.0 Å². The van der Waals surface area contributed by atoms with Crippen molar-refractivity contribution in [3.8, 4) is 17.2 Å². The Morgan fingerprint density at radius 1 is 0.844 bits per heavy atom. The van der Waals surface area contributed by atoms with Crippen molar-refractivity contribution in [2.24, 2.45) is 0 Å². The Morgan fingerprint density at radius 3 is 2.09 bits per heavy atom. The second-order valence-corrected chi connectivity index (χ2v) is 7.70. The van der Waals surface area contributed by atoms with Crippen LogP contribution in [0.1, 0.15) is 24.0 Å². The van der Waals surface area contributed by atoms with Gasteiger partial charge in [-0.05, 0) is 11.6 Å². The number of carbonyl (C=O) groups is 2. The number of hydrogen-bond acceptors (Lipinski definition) is 7. The number of aliphatic carboxylic acids is 1.